The van der Waals surface area contributed by atoms with Crippen LogP contribution >= 0.6 is 0 Å². The summed E-state index contributed by atoms with van der Waals surface area (Å²) in [6.07, 6.45) is 2.73. The van der Waals surface area contributed by atoms with Crippen molar-refractivity contribution in [2.75, 3.05) is 19.7 Å². The first-order chi connectivity index (χ1) is 9.16. The van der Waals surface area contributed by atoms with Crippen molar-refractivity contribution < 1.29 is 9.53 Å². The minimum Gasteiger partial charge on any atom is -0.375 e. The van der Waals surface area contributed by atoms with Gasteiger partial charge in [0.2, 0.25) is 5.91 Å². The van der Waals surface area contributed by atoms with Gasteiger partial charge < -0.3 is 9.64 Å². The van der Waals surface area contributed by atoms with E-state index in [-0.39, 0.29) is 12.0 Å². The average Bonchev–Trinajstić information content (AvgIpc) is 2.41. The molecule has 0 aliphatic carbocycles. The van der Waals surface area contributed by atoms with Crippen LogP contribution in [0.3, 0.4) is 0 Å². The smallest absolute Gasteiger partial charge is 0.222 e. The Hall–Kier alpha value is -1.35. The standard InChI is InChI=1S/C16H23NO2/c1-13-6-3-4-7-15(13)8-5-9-16(18)17-10-11-19-14(2)12-17/h3-4,6-7,14H,5,8-12H2,1-2H3. The summed E-state index contributed by atoms with van der Waals surface area (Å²) >= 11 is 0. The van der Waals surface area contributed by atoms with Crippen molar-refractivity contribution in [2.45, 2.75) is 39.2 Å². The number of benzene rings is 1. The van der Waals surface area contributed by atoms with Crippen molar-refractivity contribution in [3.8, 4) is 0 Å². The van der Waals surface area contributed by atoms with Crippen LogP contribution < -0.4 is 0 Å². The highest BCUT2D eigenvalue weighted by Crippen LogP contribution is 2.12. The number of aryl methyl sites for hydroxylation is 2. The predicted octanol–water partition coefficient (Wildman–Crippen LogP) is 2.57. The first-order valence-electron chi connectivity index (χ1n) is 7.10. The molecule has 0 N–H and O–H groups in total. The van der Waals surface area contributed by atoms with E-state index >= 15 is 0 Å². The largest absolute Gasteiger partial charge is 0.375 e. The van der Waals surface area contributed by atoms with E-state index in [1.165, 1.54) is 11.1 Å². The summed E-state index contributed by atoms with van der Waals surface area (Å²) in [4.78, 5) is 14.0. The van der Waals surface area contributed by atoms with E-state index in [0.717, 1.165) is 25.9 Å². The molecule has 1 aromatic rings. The van der Waals surface area contributed by atoms with Crippen LogP contribution in [0.4, 0.5) is 0 Å². The van der Waals surface area contributed by atoms with Crippen LogP contribution in [0.25, 0.3) is 0 Å². The zero-order chi connectivity index (χ0) is 13.7. The van der Waals surface area contributed by atoms with Gasteiger partial charge in [0.15, 0.2) is 0 Å². The second kappa shape index (κ2) is 6.71. The molecule has 1 amide bonds. The summed E-state index contributed by atoms with van der Waals surface area (Å²) in [5, 5.41) is 0. The number of carbonyl (C=O) groups excluding carboxylic acids is 1. The third-order valence-corrected chi connectivity index (χ3v) is 3.69. The molecule has 1 heterocycles. The number of hydrogen-bond donors (Lipinski definition) is 0. The normalized spacial score (nSPS) is 19.5. The van der Waals surface area contributed by atoms with Gasteiger partial charge in [-0.2, -0.15) is 0 Å². The monoisotopic (exact) mass is 261 g/mol. The molecule has 0 radical (unpaired) electrons. The lowest BCUT2D eigenvalue weighted by Crippen LogP contribution is -2.44. The zero-order valence-corrected chi connectivity index (χ0v) is 11.9. The molecule has 1 atom stereocenters. The SMILES string of the molecule is Cc1ccccc1CCCC(=O)N1CCOC(C)C1. The summed E-state index contributed by atoms with van der Waals surface area (Å²) in [6.45, 7) is 6.30. The van der Waals surface area contributed by atoms with Gasteiger partial charge in [-0.1, -0.05) is 24.3 Å². The molecule has 1 unspecified atom stereocenters. The molecule has 3 heteroatoms. The van der Waals surface area contributed by atoms with Gasteiger partial charge >= 0.3 is 0 Å². The lowest BCUT2D eigenvalue weighted by atomic mass is 10.0. The van der Waals surface area contributed by atoms with Crippen LogP contribution in [0, 0.1) is 6.92 Å². The van der Waals surface area contributed by atoms with Gasteiger partial charge in [0.25, 0.3) is 0 Å². The van der Waals surface area contributed by atoms with Crippen LogP contribution in [-0.4, -0.2) is 36.6 Å². The maximum atomic E-state index is 12.1. The van der Waals surface area contributed by atoms with E-state index in [2.05, 4.69) is 31.2 Å². The molecule has 0 bridgehead atoms. The number of ether oxygens (including phenoxy) is 1. The first kappa shape index (κ1) is 14.1. The lowest BCUT2D eigenvalue weighted by Gasteiger charge is -2.31. The molecule has 2 rings (SSSR count). The van der Waals surface area contributed by atoms with Crippen LogP contribution in [0.5, 0.6) is 0 Å². The van der Waals surface area contributed by atoms with E-state index < -0.39 is 0 Å². The maximum absolute atomic E-state index is 12.1. The fourth-order valence-electron chi connectivity index (χ4n) is 2.52. The van der Waals surface area contributed by atoms with Gasteiger partial charge in [0.1, 0.15) is 0 Å². The van der Waals surface area contributed by atoms with Crippen molar-refractivity contribution in [2.24, 2.45) is 0 Å². The molecule has 1 aromatic carbocycles. The summed E-state index contributed by atoms with van der Waals surface area (Å²) in [5.74, 6) is 0.267. The Morgan fingerprint density at radius 3 is 2.95 bits per heavy atom. The van der Waals surface area contributed by atoms with Gasteiger partial charge in [-0.25, -0.2) is 0 Å². The highest BCUT2D eigenvalue weighted by atomic mass is 16.5. The van der Waals surface area contributed by atoms with Crippen molar-refractivity contribution in [1.82, 2.24) is 4.90 Å². The molecule has 0 spiro atoms. The number of amides is 1. The molecule has 0 aromatic heterocycles. The first-order valence-corrected chi connectivity index (χ1v) is 7.10. The minimum absolute atomic E-state index is 0.175. The number of hydrogen-bond acceptors (Lipinski definition) is 2. The highest BCUT2D eigenvalue weighted by molar-refractivity contribution is 5.76. The van der Waals surface area contributed by atoms with Crippen LogP contribution in [0.1, 0.15) is 30.9 Å². The number of rotatable bonds is 4. The quantitative estimate of drug-likeness (QED) is 0.833. The van der Waals surface area contributed by atoms with Gasteiger partial charge in [0, 0.05) is 19.5 Å². The molecule has 104 valence electrons. The predicted molar refractivity (Wildman–Crippen MR) is 76.1 cm³/mol. The third-order valence-electron chi connectivity index (χ3n) is 3.69. The van der Waals surface area contributed by atoms with E-state index in [1.807, 2.05) is 11.8 Å². The van der Waals surface area contributed by atoms with Crippen LogP contribution in [0.2, 0.25) is 0 Å². The van der Waals surface area contributed by atoms with Crippen molar-refractivity contribution >= 4 is 5.91 Å². The Morgan fingerprint density at radius 2 is 2.21 bits per heavy atom. The Kier molecular flexibility index (Phi) is 4.97. The third kappa shape index (κ3) is 4.06. The summed E-state index contributed by atoms with van der Waals surface area (Å²) in [6, 6.07) is 8.39. The number of morpholine rings is 1. The Balaban J connectivity index is 1.76. The second-order valence-corrected chi connectivity index (χ2v) is 5.30. The molecule has 3 nitrogen and oxygen atoms in total. The summed E-state index contributed by atoms with van der Waals surface area (Å²) in [7, 11) is 0. The van der Waals surface area contributed by atoms with Gasteiger partial charge in [-0.15, -0.1) is 0 Å². The highest BCUT2D eigenvalue weighted by Gasteiger charge is 2.20. The topological polar surface area (TPSA) is 29.5 Å². The lowest BCUT2D eigenvalue weighted by molar-refractivity contribution is -0.138. The van der Waals surface area contributed by atoms with E-state index in [1.54, 1.807) is 0 Å². The molecule has 1 aliphatic heterocycles. The molecule has 1 saturated heterocycles. The van der Waals surface area contributed by atoms with Gasteiger partial charge in [-0.3, -0.25) is 4.79 Å². The number of carbonyl (C=O) groups is 1. The van der Waals surface area contributed by atoms with Crippen molar-refractivity contribution in [1.29, 1.82) is 0 Å². The molecule has 0 saturated carbocycles. The molecule has 1 fully saturated rings. The fourth-order valence-corrected chi connectivity index (χ4v) is 2.52. The summed E-state index contributed by atoms with van der Waals surface area (Å²) in [5.41, 5.74) is 2.67. The fraction of sp³-hybridized carbons (Fsp3) is 0.562. The number of nitrogens with zero attached hydrogens (tertiary/aromatic N) is 1. The molecule has 1 aliphatic rings. The van der Waals surface area contributed by atoms with Gasteiger partial charge in [0.05, 0.1) is 12.7 Å². The van der Waals surface area contributed by atoms with Crippen molar-refractivity contribution in [3.05, 3.63) is 35.4 Å². The van der Waals surface area contributed by atoms with E-state index in [0.29, 0.717) is 13.0 Å². The Bertz CT molecular complexity index is 431. The van der Waals surface area contributed by atoms with Gasteiger partial charge in [-0.05, 0) is 37.8 Å². The van der Waals surface area contributed by atoms with Crippen molar-refractivity contribution in [3.63, 3.8) is 0 Å². The molecular formula is C16H23NO2. The maximum Gasteiger partial charge on any atom is 0.222 e. The molecule has 19 heavy (non-hydrogen) atoms. The average molecular weight is 261 g/mol. The Morgan fingerprint density at radius 1 is 1.42 bits per heavy atom. The second-order valence-electron chi connectivity index (χ2n) is 5.30. The van der Waals surface area contributed by atoms with E-state index in [9.17, 15) is 4.79 Å². The Labute approximate surface area is 115 Å². The van der Waals surface area contributed by atoms with Crippen LogP contribution in [-0.2, 0) is 16.0 Å². The summed E-state index contributed by atoms with van der Waals surface area (Å²) < 4.78 is 5.45. The zero-order valence-electron chi connectivity index (χ0n) is 11.9. The molecular weight excluding hydrogens is 238 g/mol. The minimum atomic E-state index is 0.175. The van der Waals surface area contributed by atoms with Crippen LogP contribution in [0.15, 0.2) is 24.3 Å². The van der Waals surface area contributed by atoms with E-state index in [4.69, 9.17) is 4.74 Å².